The highest BCUT2D eigenvalue weighted by molar-refractivity contribution is 6.09. The molecule has 2 atom stereocenters. The number of ketones is 2. The topological polar surface area (TPSA) is 34.1 Å². The molecule has 2 heteroatoms. The molecule has 2 unspecified atom stereocenters. The van der Waals surface area contributed by atoms with E-state index in [1.165, 1.54) is 0 Å². The normalized spacial score (nSPS) is 31.4. The van der Waals surface area contributed by atoms with Crippen molar-refractivity contribution in [3.05, 3.63) is 23.3 Å². The first kappa shape index (κ1) is 8.42. The van der Waals surface area contributed by atoms with Gasteiger partial charge in [-0.25, -0.2) is 0 Å². The molecule has 2 nitrogen and oxygen atoms in total. The maximum Gasteiger partial charge on any atom is 0.151 e. The molecule has 0 spiro atoms. The molecule has 0 aromatic carbocycles. The molecule has 1 saturated carbocycles. The average Bonchev–Trinajstić information content (AvgIpc) is 2.40. The number of rotatable bonds is 0. The highest BCUT2D eigenvalue weighted by Crippen LogP contribution is 2.39. The van der Waals surface area contributed by atoms with Gasteiger partial charge in [0, 0.05) is 0 Å². The van der Waals surface area contributed by atoms with Crippen LogP contribution in [0.3, 0.4) is 0 Å². The Hall–Kier alpha value is -1.18. The van der Waals surface area contributed by atoms with E-state index in [1.807, 2.05) is 26.0 Å². The first-order valence-electron chi connectivity index (χ1n) is 4.52. The van der Waals surface area contributed by atoms with Gasteiger partial charge in [0.15, 0.2) is 11.6 Å². The summed E-state index contributed by atoms with van der Waals surface area (Å²) < 4.78 is 0. The molecule has 13 heavy (non-hydrogen) atoms. The van der Waals surface area contributed by atoms with E-state index in [1.54, 1.807) is 0 Å². The molecular weight excluding hydrogens is 164 g/mol. The molecule has 2 aliphatic carbocycles. The predicted molar refractivity (Wildman–Crippen MR) is 49.1 cm³/mol. The fourth-order valence-electron chi connectivity index (χ4n) is 2.20. The van der Waals surface area contributed by atoms with Crippen LogP contribution in [0.15, 0.2) is 23.3 Å². The summed E-state index contributed by atoms with van der Waals surface area (Å²) in [6.45, 7) is 3.93. The second kappa shape index (κ2) is 2.66. The first-order chi connectivity index (χ1) is 6.11. The minimum Gasteiger partial charge on any atom is -0.298 e. The molecule has 2 rings (SSSR count). The largest absolute Gasteiger partial charge is 0.298 e. The number of allylic oxidation sites excluding steroid dienone is 4. The summed E-state index contributed by atoms with van der Waals surface area (Å²) in [4.78, 5) is 22.9. The Morgan fingerprint density at radius 1 is 1.15 bits per heavy atom. The van der Waals surface area contributed by atoms with Crippen LogP contribution in [0.2, 0.25) is 0 Å². The van der Waals surface area contributed by atoms with Crippen molar-refractivity contribution in [3.63, 3.8) is 0 Å². The van der Waals surface area contributed by atoms with Crippen LogP contribution in [0.1, 0.15) is 20.3 Å². The van der Waals surface area contributed by atoms with E-state index in [2.05, 4.69) is 0 Å². The monoisotopic (exact) mass is 176 g/mol. The lowest BCUT2D eigenvalue weighted by molar-refractivity contribution is -0.130. The number of fused-ring (bicyclic) bond motifs is 2. The van der Waals surface area contributed by atoms with Gasteiger partial charge in [0.05, 0.1) is 18.3 Å². The highest BCUT2D eigenvalue weighted by atomic mass is 16.2. The maximum absolute atomic E-state index is 11.5. The van der Waals surface area contributed by atoms with Crippen molar-refractivity contribution < 1.29 is 9.59 Å². The van der Waals surface area contributed by atoms with Gasteiger partial charge >= 0.3 is 0 Å². The van der Waals surface area contributed by atoms with Gasteiger partial charge in [0.2, 0.25) is 0 Å². The molecule has 0 amide bonds. The molecule has 0 saturated heterocycles. The van der Waals surface area contributed by atoms with Gasteiger partial charge in [0.1, 0.15) is 0 Å². The molecule has 0 aromatic heterocycles. The van der Waals surface area contributed by atoms with Gasteiger partial charge in [-0.15, -0.1) is 0 Å². The van der Waals surface area contributed by atoms with E-state index in [0.29, 0.717) is 0 Å². The Bertz CT molecular complexity index is 317. The van der Waals surface area contributed by atoms with Gasteiger partial charge in [-0.3, -0.25) is 9.59 Å². The summed E-state index contributed by atoms with van der Waals surface area (Å²) in [7, 11) is 0. The summed E-state index contributed by atoms with van der Waals surface area (Å²) in [5.74, 6) is -0.0576. The lowest BCUT2D eigenvalue weighted by Crippen LogP contribution is -2.29. The van der Waals surface area contributed by atoms with Crippen molar-refractivity contribution in [2.75, 3.05) is 0 Å². The lowest BCUT2D eigenvalue weighted by atomic mass is 9.79. The fourth-order valence-corrected chi connectivity index (χ4v) is 2.20. The van der Waals surface area contributed by atoms with Crippen LogP contribution in [0.5, 0.6) is 0 Å². The molecule has 0 aromatic rings. The van der Waals surface area contributed by atoms with Gasteiger partial charge < -0.3 is 0 Å². The molecule has 0 aliphatic heterocycles. The maximum atomic E-state index is 11.5. The van der Waals surface area contributed by atoms with Crippen LogP contribution in [0.4, 0.5) is 0 Å². The Labute approximate surface area is 77.3 Å². The van der Waals surface area contributed by atoms with Crippen molar-refractivity contribution in [1.82, 2.24) is 0 Å². The Morgan fingerprint density at radius 3 is 2.00 bits per heavy atom. The third-order valence-electron chi connectivity index (χ3n) is 2.79. The van der Waals surface area contributed by atoms with Gasteiger partial charge in [0.25, 0.3) is 0 Å². The van der Waals surface area contributed by atoms with E-state index in [9.17, 15) is 9.59 Å². The zero-order valence-electron chi connectivity index (χ0n) is 7.83. The second-order valence-electron chi connectivity index (χ2n) is 3.90. The summed E-state index contributed by atoms with van der Waals surface area (Å²) in [5.41, 5.74) is 2.14. The smallest absolute Gasteiger partial charge is 0.151 e. The van der Waals surface area contributed by atoms with E-state index >= 15 is 0 Å². The van der Waals surface area contributed by atoms with Crippen molar-refractivity contribution >= 4 is 11.6 Å². The Kier molecular flexibility index (Phi) is 1.72. The number of hydrogen-bond donors (Lipinski definition) is 0. The molecule has 0 radical (unpaired) electrons. The molecule has 0 heterocycles. The zero-order valence-corrected chi connectivity index (χ0v) is 7.83. The lowest BCUT2D eigenvalue weighted by Gasteiger charge is -2.22. The third-order valence-corrected chi connectivity index (χ3v) is 2.79. The summed E-state index contributed by atoms with van der Waals surface area (Å²) >= 11 is 0. The van der Waals surface area contributed by atoms with Gasteiger partial charge in [-0.2, -0.15) is 0 Å². The first-order valence-corrected chi connectivity index (χ1v) is 4.52. The third kappa shape index (κ3) is 1.09. The van der Waals surface area contributed by atoms with Crippen LogP contribution in [-0.4, -0.2) is 11.6 Å². The van der Waals surface area contributed by atoms with E-state index < -0.39 is 0 Å². The average molecular weight is 176 g/mol. The van der Waals surface area contributed by atoms with Crippen molar-refractivity contribution in [2.24, 2.45) is 11.8 Å². The Morgan fingerprint density at radius 2 is 1.62 bits per heavy atom. The van der Waals surface area contributed by atoms with E-state index in [4.69, 9.17) is 0 Å². The number of carbonyl (C=O) groups is 2. The van der Waals surface area contributed by atoms with Crippen molar-refractivity contribution in [3.8, 4) is 0 Å². The number of carbonyl (C=O) groups excluding carboxylic acids is 2. The van der Waals surface area contributed by atoms with Crippen molar-refractivity contribution in [2.45, 2.75) is 20.3 Å². The summed E-state index contributed by atoms with van der Waals surface area (Å²) in [5, 5.41) is 0. The molecule has 2 aliphatic rings. The van der Waals surface area contributed by atoms with Crippen LogP contribution in [0, 0.1) is 11.8 Å². The van der Waals surface area contributed by atoms with Gasteiger partial charge in [-0.05, 0) is 19.4 Å². The zero-order chi connectivity index (χ0) is 9.59. The molecule has 2 bridgehead atoms. The van der Waals surface area contributed by atoms with Crippen LogP contribution >= 0.6 is 0 Å². The molecular formula is C11H12O2. The SMILES string of the molecule is CC(C)=C1C2C=CC1C(=O)CC2=O. The minimum atomic E-state index is -0.0901. The van der Waals surface area contributed by atoms with Crippen molar-refractivity contribution in [1.29, 1.82) is 0 Å². The van der Waals surface area contributed by atoms with Crippen LogP contribution < -0.4 is 0 Å². The molecule has 0 N–H and O–H groups in total. The standard InChI is InChI=1S/C11H12O2/c1-6(2)11-7-3-4-8(11)10(13)5-9(7)12/h3-4,7-8H,5H2,1-2H3. The summed E-state index contributed by atoms with van der Waals surface area (Å²) in [6, 6.07) is 0. The van der Waals surface area contributed by atoms with Gasteiger partial charge in [-0.1, -0.05) is 17.7 Å². The minimum absolute atomic E-state index is 0.0613. The number of Topliss-reactive ketones (excluding diaryl/α,β-unsaturated/α-hetero) is 2. The van der Waals surface area contributed by atoms with Crippen LogP contribution in [0.25, 0.3) is 0 Å². The van der Waals surface area contributed by atoms with E-state index in [-0.39, 0.29) is 29.8 Å². The highest BCUT2D eigenvalue weighted by Gasteiger charge is 2.40. The molecule has 1 fully saturated rings. The second-order valence-corrected chi connectivity index (χ2v) is 3.90. The van der Waals surface area contributed by atoms with Crippen LogP contribution in [-0.2, 0) is 9.59 Å². The van der Waals surface area contributed by atoms with E-state index in [0.717, 1.165) is 11.1 Å². The quantitative estimate of drug-likeness (QED) is 0.415. The fraction of sp³-hybridized carbons (Fsp3) is 0.455. The summed E-state index contributed by atoms with van der Waals surface area (Å²) in [6.07, 6.45) is 3.87. The Balaban J connectivity index is 2.51. The predicted octanol–water partition coefficient (Wildman–Crippen LogP) is 1.67. The molecule has 68 valence electrons. The number of hydrogen-bond acceptors (Lipinski definition) is 2.